The number of hydrogen-bond acceptors (Lipinski definition) is 5. The van der Waals surface area contributed by atoms with E-state index in [-0.39, 0.29) is 11.3 Å². The Morgan fingerprint density at radius 3 is 2.39 bits per heavy atom. The smallest absolute Gasteiger partial charge is 0.253 e. The number of nitrogens with zero attached hydrogens (tertiary/aromatic N) is 3. The second kappa shape index (κ2) is 6.12. The standard InChI is InChI=1S/C17H22N4O2/c1-17(2,3)16-19-14(20-23-16)12-4-6-13(7-5-12)15(22)21-10-8-18-9-11-21/h4-7,18H,8-11H2,1-3H3. The van der Waals surface area contributed by atoms with Crippen LogP contribution in [0.15, 0.2) is 28.8 Å². The summed E-state index contributed by atoms with van der Waals surface area (Å²) in [5, 5.41) is 7.27. The summed E-state index contributed by atoms with van der Waals surface area (Å²) in [7, 11) is 0. The Morgan fingerprint density at radius 2 is 1.83 bits per heavy atom. The van der Waals surface area contributed by atoms with Crippen molar-refractivity contribution in [3.63, 3.8) is 0 Å². The number of carbonyl (C=O) groups is 1. The topological polar surface area (TPSA) is 71.3 Å². The van der Waals surface area contributed by atoms with E-state index >= 15 is 0 Å². The van der Waals surface area contributed by atoms with Gasteiger partial charge in [-0.3, -0.25) is 4.79 Å². The van der Waals surface area contributed by atoms with E-state index < -0.39 is 0 Å². The van der Waals surface area contributed by atoms with Gasteiger partial charge in [-0.25, -0.2) is 0 Å². The summed E-state index contributed by atoms with van der Waals surface area (Å²) < 4.78 is 5.31. The average molecular weight is 314 g/mol. The third kappa shape index (κ3) is 3.42. The lowest BCUT2D eigenvalue weighted by Crippen LogP contribution is -2.46. The van der Waals surface area contributed by atoms with Crippen molar-refractivity contribution in [3.8, 4) is 11.4 Å². The van der Waals surface area contributed by atoms with Crippen LogP contribution in [0.3, 0.4) is 0 Å². The van der Waals surface area contributed by atoms with E-state index in [4.69, 9.17) is 4.52 Å². The van der Waals surface area contributed by atoms with Crippen molar-refractivity contribution in [1.82, 2.24) is 20.4 Å². The quantitative estimate of drug-likeness (QED) is 0.919. The van der Waals surface area contributed by atoms with E-state index in [0.717, 1.165) is 31.7 Å². The van der Waals surface area contributed by atoms with Gasteiger partial charge in [0.25, 0.3) is 5.91 Å². The predicted molar refractivity (Wildman–Crippen MR) is 87.2 cm³/mol. The fourth-order valence-electron chi connectivity index (χ4n) is 2.46. The second-order valence-electron chi connectivity index (χ2n) is 6.79. The number of nitrogens with one attached hydrogen (secondary N) is 1. The number of carbonyl (C=O) groups excluding carboxylic acids is 1. The molecule has 1 N–H and O–H groups in total. The van der Waals surface area contributed by atoms with Gasteiger partial charge in [0.05, 0.1) is 0 Å². The van der Waals surface area contributed by atoms with E-state index in [1.54, 1.807) is 0 Å². The normalized spacial score (nSPS) is 15.7. The van der Waals surface area contributed by atoms with Crippen molar-refractivity contribution in [3.05, 3.63) is 35.7 Å². The highest BCUT2D eigenvalue weighted by atomic mass is 16.5. The summed E-state index contributed by atoms with van der Waals surface area (Å²) in [6.45, 7) is 9.28. The van der Waals surface area contributed by atoms with Crippen molar-refractivity contribution in [2.75, 3.05) is 26.2 Å². The molecule has 0 bridgehead atoms. The van der Waals surface area contributed by atoms with Crippen LogP contribution in [-0.2, 0) is 5.41 Å². The molecule has 0 atom stereocenters. The maximum atomic E-state index is 12.4. The SMILES string of the molecule is CC(C)(C)c1nc(-c2ccc(C(=O)N3CCNCC3)cc2)no1. The second-order valence-corrected chi connectivity index (χ2v) is 6.79. The third-order valence-electron chi connectivity index (χ3n) is 3.86. The molecule has 6 heteroatoms. The van der Waals surface area contributed by atoms with E-state index in [1.165, 1.54) is 0 Å². The molecule has 2 aromatic rings. The zero-order valence-corrected chi connectivity index (χ0v) is 13.8. The minimum atomic E-state index is -0.177. The van der Waals surface area contributed by atoms with Gasteiger partial charge in [-0.2, -0.15) is 4.98 Å². The molecule has 0 spiro atoms. The van der Waals surface area contributed by atoms with Crippen LogP contribution in [0.4, 0.5) is 0 Å². The minimum absolute atomic E-state index is 0.0709. The van der Waals surface area contributed by atoms with Gasteiger partial charge in [0.15, 0.2) is 0 Å². The first kappa shape index (κ1) is 15.7. The van der Waals surface area contributed by atoms with Crippen LogP contribution in [0, 0.1) is 0 Å². The fraction of sp³-hybridized carbons (Fsp3) is 0.471. The zero-order valence-electron chi connectivity index (χ0n) is 13.8. The van der Waals surface area contributed by atoms with E-state index in [9.17, 15) is 4.79 Å². The first-order valence-electron chi connectivity index (χ1n) is 7.90. The van der Waals surface area contributed by atoms with Crippen LogP contribution < -0.4 is 5.32 Å². The molecule has 1 aromatic carbocycles. The molecule has 0 aliphatic carbocycles. The van der Waals surface area contributed by atoms with E-state index in [1.807, 2.05) is 49.9 Å². The van der Waals surface area contributed by atoms with Crippen molar-refractivity contribution in [1.29, 1.82) is 0 Å². The van der Waals surface area contributed by atoms with Crippen LogP contribution in [-0.4, -0.2) is 47.1 Å². The fourth-order valence-corrected chi connectivity index (χ4v) is 2.46. The molecule has 1 amide bonds. The molecular weight excluding hydrogens is 292 g/mol. The number of amides is 1. The Labute approximate surface area is 135 Å². The molecule has 3 rings (SSSR count). The van der Waals surface area contributed by atoms with Gasteiger partial charge >= 0.3 is 0 Å². The van der Waals surface area contributed by atoms with Crippen molar-refractivity contribution < 1.29 is 9.32 Å². The first-order chi connectivity index (χ1) is 10.9. The third-order valence-corrected chi connectivity index (χ3v) is 3.86. The number of hydrogen-bond donors (Lipinski definition) is 1. The number of benzene rings is 1. The van der Waals surface area contributed by atoms with Gasteiger partial charge in [-0.1, -0.05) is 38.1 Å². The molecule has 1 aliphatic rings. The molecular formula is C17H22N4O2. The summed E-state index contributed by atoms with van der Waals surface area (Å²) in [6.07, 6.45) is 0. The highest BCUT2D eigenvalue weighted by Crippen LogP contribution is 2.24. The molecule has 0 saturated carbocycles. The Hall–Kier alpha value is -2.21. The van der Waals surface area contributed by atoms with Crippen LogP contribution >= 0.6 is 0 Å². The van der Waals surface area contributed by atoms with Gasteiger partial charge in [0.2, 0.25) is 11.7 Å². The van der Waals surface area contributed by atoms with Crippen LogP contribution in [0.25, 0.3) is 11.4 Å². The molecule has 1 saturated heterocycles. The van der Waals surface area contributed by atoms with Crippen molar-refractivity contribution in [2.45, 2.75) is 26.2 Å². The van der Waals surface area contributed by atoms with Crippen LogP contribution in [0.5, 0.6) is 0 Å². The van der Waals surface area contributed by atoms with Gasteiger partial charge in [0.1, 0.15) is 0 Å². The molecule has 1 aromatic heterocycles. The predicted octanol–water partition coefficient (Wildman–Crippen LogP) is 2.08. The van der Waals surface area contributed by atoms with Gasteiger partial charge in [-0.15, -0.1) is 0 Å². The van der Waals surface area contributed by atoms with Crippen LogP contribution in [0.1, 0.15) is 37.0 Å². The van der Waals surface area contributed by atoms with Gasteiger partial charge in [0, 0.05) is 42.7 Å². The Morgan fingerprint density at radius 1 is 1.17 bits per heavy atom. The largest absolute Gasteiger partial charge is 0.338 e. The highest BCUT2D eigenvalue weighted by Gasteiger charge is 2.22. The number of piperazine rings is 1. The lowest BCUT2D eigenvalue weighted by atomic mass is 9.97. The van der Waals surface area contributed by atoms with Crippen molar-refractivity contribution in [2.24, 2.45) is 0 Å². The number of rotatable bonds is 2. The highest BCUT2D eigenvalue weighted by molar-refractivity contribution is 5.94. The molecule has 2 heterocycles. The number of aromatic nitrogens is 2. The summed E-state index contributed by atoms with van der Waals surface area (Å²) in [6, 6.07) is 7.39. The van der Waals surface area contributed by atoms with E-state index in [2.05, 4.69) is 15.5 Å². The summed E-state index contributed by atoms with van der Waals surface area (Å²) >= 11 is 0. The zero-order chi connectivity index (χ0) is 16.4. The molecule has 1 aliphatic heterocycles. The summed E-state index contributed by atoms with van der Waals surface area (Å²) in [5.74, 6) is 1.23. The average Bonchev–Trinajstić information content (AvgIpc) is 3.05. The monoisotopic (exact) mass is 314 g/mol. The molecule has 0 unspecified atom stereocenters. The Kier molecular flexibility index (Phi) is 4.17. The Balaban J connectivity index is 1.76. The summed E-state index contributed by atoms with van der Waals surface area (Å²) in [4.78, 5) is 18.7. The lowest BCUT2D eigenvalue weighted by Gasteiger charge is -2.27. The van der Waals surface area contributed by atoms with Crippen molar-refractivity contribution >= 4 is 5.91 Å². The summed E-state index contributed by atoms with van der Waals surface area (Å²) in [5.41, 5.74) is 1.36. The minimum Gasteiger partial charge on any atom is -0.338 e. The molecule has 0 radical (unpaired) electrons. The molecule has 6 nitrogen and oxygen atoms in total. The van der Waals surface area contributed by atoms with Gasteiger partial charge in [-0.05, 0) is 12.1 Å². The first-order valence-corrected chi connectivity index (χ1v) is 7.90. The van der Waals surface area contributed by atoms with Gasteiger partial charge < -0.3 is 14.7 Å². The molecule has 122 valence electrons. The maximum absolute atomic E-state index is 12.4. The van der Waals surface area contributed by atoms with Crippen LogP contribution in [0.2, 0.25) is 0 Å². The molecule has 1 fully saturated rings. The molecule has 23 heavy (non-hydrogen) atoms. The van der Waals surface area contributed by atoms with E-state index in [0.29, 0.717) is 17.3 Å². The Bertz CT molecular complexity index is 679. The maximum Gasteiger partial charge on any atom is 0.253 e. The lowest BCUT2D eigenvalue weighted by molar-refractivity contribution is 0.0736.